The van der Waals surface area contributed by atoms with Crippen LogP contribution in [0, 0.1) is 20.8 Å². The number of hydrogen-bond acceptors (Lipinski definition) is 4. The molecule has 0 aliphatic rings. The fraction of sp³-hybridized carbons (Fsp3) is 0.364. The van der Waals surface area contributed by atoms with E-state index < -0.39 is 0 Å². The number of carbonyl (C=O) groups is 1. The molecule has 0 unspecified atom stereocenters. The quantitative estimate of drug-likeness (QED) is 0.526. The third kappa shape index (κ3) is 6.23. The van der Waals surface area contributed by atoms with Crippen LogP contribution in [0.2, 0.25) is 0 Å². The highest BCUT2D eigenvalue weighted by Gasteiger charge is 2.11. The maximum Gasteiger partial charge on any atom is 0.338 e. The van der Waals surface area contributed by atoms with Gasteiger partial charge in [0.1, 0.15) is 12.4 Å². The van der Waals surface area contributed by atoms with Gasteiger partial charge < -0.3 is 20.1 Å². The summed E-state index contributed by atoms with van der Waals surface area (Å²) in [5.41, 5.74) is 4.73. The second-order valence-electron chi connectivity index (χ2n) is 6.81. The third-order valence-corrected chi connectivity index (χ3v) is 4.56. The Bertz CT molecular complexity index is 852. The third-order valence-electron chi connectivity index (χ3n) is 4.34. The van der Waals surface area contributed by atoms with Gasteiger partial charge in [0.2, 0.25) is 0 Å². The summed E-state index contributed by atoms with van der Waals surface area (Å²) >= 11 is 5.40. The van der Waals surface area contributed by atoms with Crippen molar-refractivity contribution in [3.63, 3.8) is 0 Å². The van der Waals surface area contributed by atoms with Crippen LogP contribution in [0.5, 0.6) is 5.75 Å². The fourth-order valence-electron chi connectivity index (χ4n) is 2.59. The molecule has 0 aliphatic heterocycles. The molecule has 2 N–H and O–H groups in total. The molecule has 6 heteroatoms. The number of rotatable bonds is 7. The Hall–Kier alpha value is -2.60. The zero-order chi connectivity index (χ0) is 20.7. The van der Waals surface area contributed by atoms with Crippen molar-refractivity contribution in [1.29, 1.82) is 0 Å². The molecule has 0 saturated carbocycles. The first-order valence-electron chi connectivity index (χ1n) is 9.35. The Morgan fingerprint density at radius 3 is 2.46 bits per heavy atom. The summed E-state index contributed by atoms with van der Waals surface area (Å²) in [6.45, 7) is 10.7. The lowest BCUT2D eigenvalue weighted by Gasteiger charge is -2.19. The van der Waals surface area contributed by atoms with E-state index in [1.807, 2.05) is 32.0 Å². The van der Waals surface area contributed by atoms with E-state index in [1.54, 1.807) is 19.1 Å². The summed E-state index contributed by atoms with van der Waals surface area (Å²) < 4.78 is 10.9. The minimum atomic E-state index is -0.324. The lowest BCUT2D eigenvalue weighted by atomic mass is 10.1. The number of carbonyl (C=O) groups excluding carboxylic acids is 1. The van der Waals surface area contributed by atoms with E-state index in [9.17, 15) is 4.79 Å². The number of anilines is 1. The van der Waals surface area contributed by atoms with Gasteiger partial charge in [0.15, 0.2) is 5.11 Å². The van der Waals surface area contributed by atoms with Gasteiger partial charge in [0, 0.05) is 5.69 Å². The molecule has 0 amide bonds. The zero-order valence-electron chi connectivity index (χ0n) is 17.1. The minimum absolute atomic E-state index is 0.0284. The van der Waals surface area contributed by atoms with Gasteiger partial charge in [-0.2, -0.15) is 0 Å². The predicted molar refractivity (Wildman–Crippen MR) is 117 cm³/mol. The molecule has 2 aromatic rings. The van der Waals surface area contributed by atoms with Gasteiger partial charge in [-0.25, -0.2) is 4.79 Å². The Morgan fingerprint density at radius 2 is 1.82 bits per heavy atom. The molecule has 0 bridgehead atoms. The SMILES string of the molecule is CCOC(=O)c1ccc(NC(=S)N[C@@H](C)COc2ccc(C)c(C)c2)c(C)c1. The molecule has 5 nitrogen and oxygen atoms in total. The second-order valence-corrected chi connectivity index (χ2v) is 7.21. The highest BCUT2D eigenvalue weighted by atomic mass is 32.1. The normalized spacial score (nSPS) is 11.5. The molecule has 0 fully saturated rings. The standard InChI is InChI=1S/C22H28N2O3S/c1-6-26-21(25)18-8-10-20(16(4)11-18)24-22(28)23-17(5)13-27-19-9-7-14(2)15(3)12-19/h7-12,17H,6,13H2,1-5H3,(H2,23,24,28)/t17-/m0/s1. The average molecular weight is 401 g/mol. The van der Waals surface area contributed by atoms with E-state index in [-0.39, 0.29) is 12.0 Å². The number of benzene rings is 2. The van der Waals surface area contributed by atoms with E-state index in [4.69, 9.17) is 21.7 Å². The summed E-state index contributed by atoms with van der Waals surface area (Å²) in [4.78, 5) is 11.8. The summed E-state index contributed by atoms with van der Waals surface area (Å²) in [6, 6.07) is 11.4. The first-order chi connectivity index (χ1) is 13.3. The second kappa shape index (κ2) is 10.1. The van der Waals surface area contributed by atoms with Crippen molar-refractivity contribution in [2.24, 2.45) is 0 Å². The van der Waals surface area contributed by atoms with Crippen LogP contribution in [0.25, 0.3) is 0 Å². The van der Waals surface area contributed by atoms with Crippen LogP contribution in [0.1, 0.15) is 40.9 Å². The lowest BCUT2D eigenvalue weighted by molar-refractivity contribution is 0.0526. The molecule has 0 heterocycles. The van der Waals surface area contributed by atoms with Crippen LogP contribution in [-0.4, -0.2) is 30.3 Å². The number of esters is 1. The number of ether oxygens (including phenoxy) is 2. The molecule has 0 radical (unpaired) electrons. The molecule has 150 valence electrons. The first-order valence-corrected chi connectivity index (χ1v) is 9.76. The van der Waals surface area contributed by atoms with Gasteiger partial charge in [-0.15, -0.1) is 0 Å². The summed E-state index contributed by atoms with van der Waals surface area (Å²) in [5.74, 6) is 0.524. The smallest absolute Gasteiger partial charge is 0.338 e. The van der Waals surface area contributed by atoms with Crippen LogP contribution in [0.4, 0.5) is 5.69 Å². The molecular formula is C22H28N2O3S. The first kappa shape index (κ1) is 21.7. The van der Waals surface area contributed by atoms with Crippen molar-refractivity contribution < 1.29 is 14.3 Å². The van der Waals surface area contributed by atoms with Crippen molar-refractivity contribution in [1.82, 2.24) is 5.32 Å². The molecule has 28 heavy (non-hydrogen) atoms. The number of aryl methyl sites for hydroxylation is 3. The van der Waals surface area contributed by atoms with E-state index in [0.29, 0.717) is 23.9 Å². The fourth-order valence-corrected chi connectivity index (χ4v) is 2.91. The molecule has 2 rings (SSSR count). The van der Waals surface area contributed by atoms with E-state index in [0.717, 1.165) is 17.0 Å². The summed E-state index contributed by atoms with van der Waals surface area (Å²) in [7, 11) is 0. The molecule has 1 atom stereocenters. The number of hydrogen-bond donors (Lipinski definition) is 2. The minimum Gasteiger partial charge on any atom is -0.491 e. The molecule has 2 aromatic carbocycles. The van der Waals surface area contributed by atoms with Gasteiger partial charge >= 0.3 is 5.97 Å². The van der Waals surface area contributed by atoms with Gasteiger partial charge in [0.25, 0.3) is 0 Å². The van der Waals surface area contributed by atoms with Crippen molar-refractivity contribution in [3.8, 4) is 5.75 Å². The maximum absolute atomic E-state index is 11.8. The van der Waals surface area contributed by atoms with Crippen LogP contribution >= 0.6 is 12.2 Å². The van der Waals surface area contributed by atoms with E-state index in [1.165, 1.54) is 11.1 Å². The highest BCUT2D eigenvalue weighted by molar-refractivity contribution is 7.80. The van der Waals surface area contributed by atoms with Crippen molar-refractivity contribution in [2.45, 2.75) is 40.7 Å². The topological polar surface area (TPSA) is 59.6 Å². The number of thiocarbonyl (C=S) groups is 1. The zero-order valence-corrected chi connectivity index (χ0v) is 17.9. The average Bonchev–Trinajstić information content (AvgIpc) is 2.64. The van der Waals surface area contributed by atoms with Gasteiger partial charge in [-0.05, 0) is 93.9 Å². The van der Waals surface area contributed by atoms with E-state index in [2.05, 4.69) is 30.5 Å². The van der Waals surface area contributed by atoms with Crippen LogP contribution in [0.15, 0.2) is 36.4 Å². The Morgan fingerprint density at radius 1 is 1.07 bits per heavy atom. The molecule has 0 aliphatic carbocycles. The van der Waals surface area contributed by atoms with Crippen LogP contribution in [-0.2, 0) is 4.74 Å². The highest BCUT2D eigenvalue weighted by Crippen LogP contribution is 2.18. The summed E-state index contributed by atoms with van der Waals surface area (Å²) in [5, 5.41) is 6.88. The van der Waals surface area contributed by atoms with Crippen molar-refractivity contribution in [3.05, 3.63) is 58.7 Å². The maximum atomic E-state index is 11.8. The van der Waals surface area contributed by atoms with Crippen LogP contribution < -0.4 is 15.4 Å². The van der Waals surface area contributed by atoms with E-state index >= 15 is 0 Å². The van der Waals surface area contributed by atoms with Crippen molar-refractivity contribution in [2.75, 3.05) is 18.5 Å². The monoisotopic (exact) mass is 400 g/mol. The molecular weight excluding hydrogens is 372 g/mol. The van der Waals surface area contributed by atoms with Gasteiger partial charge in [-0.3, -0.25) is 0 Å². The Labute approximate surface area is 172 Å². The number of nitrogens with one attached hydrogen (secondary N) is 2. The van der Waals surface area contributed by atoms with Gasteiger partial charge in [-0.1, -0.05) is 6.07 Å². The van der Waals surface area contributed by atoms with Gasteiger partial charge in [0.05, 0.1) is 18.2 Å². The Kier molecular flexibility index (Phi) is 7.81. The van der Waals surface area contributed by atoms with Crippen molar-refractivity contribution >= 4 is 29.0 Å². The van der Waals surface area contributed by atoms with Crippen LogP contribution in [0.3, 0.4) is 0 Å². The molecule has 0 spiro atoms. The molecule has 0 aromatic heterocycles. The summed E-state index contributed by atoms with van der Waals surface area (Å²) in [6.07, 6.45) is 0. The largest absolute Gasteiger partial charge is 0.491 e. The predicted octanol–water partition coefficient (Wildman–Crippen LogP) is 4.54. The molecule has 0 saturated heterocycles. The lowest BCUT2D eigenvalue weighted by Crippen LogP contribution is -2.39. The Balaban J connectivity index is 1.87.